The van der Waals surface area contributed by atoms with Crippen molar-refractivity contribution in [1.82, 2.24) is 14.8 Å². The third-order valence-electron chi connectivity index (χ3n) is 3.47. The van der Waals surface area contributed by atoms with E-state index in [0.717, 1.165) is 0 Å². The third kappa shape index (κ3) is 4.10. The second-order valence-electron chi connectivity index (χ2n) is 6.87. The maximum Gasteiger partial charge on any atom is 0.259 e. The van der Waals surface area contributed by atoms with Crippen molar-refractivity contribution in [3.63, 3.8) is 0 Å². The van der Waals surface area contributed by atoms with Crippen molar-refractivity contribution < 1.29 is 14.0 Å². The Morgan fingerprint density at radius 1 is 1.32 bits per heavy atom. The monoisotopic (exact) mass is 342 g/mol. The Labute approximate surface area is 146 Å². The van der Waals surface area contributed by atoms with Crippen molar-refractivity contribution in [3.05, 3.63) is 41.4 Å². The first-order valence-corrected chi connectivity index (χ1v) is 7.87. The summed E-state index contributed by atoms with van der Waals surface area (Å²) in [4.78, 5) is 26.1. The minimum absolute atomic E-state index is 0.107. The molecule has 2 aromatic heterocycles. The van der Waals surface area contributed by atoms with E-state index >= 15 is 0 Å². The molecule has 0 aromatic carbocycles. The van der Waals surface area contributed by atoms with E-state index in [1.54, 1.807) is 36.0 Å². The van der Waals surface area contributed by atoms with Crippen LogP contribution in [-0.4, -0.2) is 40.4 Å². The van der Waals surface area contributed by atoms with Gasteiger partial charge in [-0.3, -0.25) is 14.2 Å². The molecule has 132 valence electrons. The van der Waals surface area contributed by atoms with Gasteiger partial charge in [-0.25, -0.2) is 0 Å². The highest BCUT2D eigenvalue weighted by atomic mass is 16.4. The smallest absolute Gasteiger partial charge is 0.259 e. The van der Waals surface area contributed by atoms with Crippen molar-refractivity contribution in [2.75, 3.05) is 13.6 Å². The molecule has 7 nitrogen and oxygen atoms in total. The van der Waals surface area contributed by atoms with Crippen molar-refractivity contribution >= 4 is 11.8 Å². The number of carbonyl (C=O) groups excluding carboxylic acids is 2. The van der Waals surface area contributed by atoms with Gasteiger partial charge >= 0.3 is 0 Å². The Kier molecular flexibility index (Phi) is 5.02. The van der Waals surface area contributed by atoms with Crippen LogP contribution in [0.25, 0.3) is 5.88 Å². The molecular formula is C18H22N4O3. The number of nitrogens with zero attached hydrogens (tertiary/aromatic N) is 3. The molecule has 2 heterocycles. The largest absolute Gasteiger partial charge is 0.443 e. The molecule has 25 heavy (non-hydrogen) atoms. The number of nitrogens with one attached hydrogen (secondary N) is 1. The number of likely N-dealkylation sites (N-methyl/N-ethyl adjacent to an activating group) is 1. The van der Waals surface area contributed by atoms with Crippen LogP contribution in [0, 0.1) is 18.3 Å². The fourth-order valence-corrected chi connectivity index (χ4v) is 2.48. The molecule has 0 aliphatic rings. The van der Waals surface area contributed by atoms with Gasteiger partial charge in [-0.15, -0.1) is 0 Å². The number of hydrogen-bond acceptors (Lipinski definition) is 4. The second-order valence-corrected chi connectivity index (χ2v) is 6.87. The van der Waals surface area contributed by atoms with Crippen molar-refractivity contribution in [1.29, 1.82) is 5.26 Å². The van der Waals surface area contributed by atoms with Gasteiger partial charge in [-0.1, -0.05) is 0 Å². The average molecular weight is 342 g/mol. The first-order valence-electron chi connectivity index (χ1n) is 7.87. The Balaban J connectivity index is 2.28. The maximum absolute atomic E-state index is 12.8. The highest BCUT2D eigenvalue weighted by molar-refractivity contribution is 6.00. The number of aryl methyl sites for hydroxylation is 1. The number of aromatic nitrogens is 1. The highest BCUT2D eigenvalue weighted by Crippen LogP contribution is 2.26. The number of rotatable bonds is 4. The number of amides is 2. The molecule has 0 aliphatic carbocycles. The van der Waals surface area contributed by atoms with E-state index < -0.39 is 5.91 Å². The minimum atomic E-state index is -0.430. The molecule has 2 aromatic rings. The molecule has 7 heteroatoms. The SMILES string of the molecule is Cc1oc(-n2cccc2)c(C#N)c1C(=O)N(C)CC(=O)NC(C)(C)C. The lowest BCUT2D eigenvalue weighted by Crippen LogP contribution is -2.46. The van der Waals surface area contributed by atoms with Crippen LogP contribution in [0.1, 0.15) is 42.5 Å². The first-order chi connectivity index (χ1) is 11.6. The molecule has 0 aliphatic heterocycles. The summed E-state index contributed by atoms with van der Waals surface area (Å²) < 4.78 is 7.26. The van der Waals surface area contributed by atoms with Crippen molar-refractivity contribution in [2.24, 2.45) is 0 Å². The van der Waals surface area contributed by atoms with Crippen LogP contribution in [0.4, 0.5) is 0 Å². The van der Waals surface area contributed by atoms with Gasteiger partial charge in [-0.05, 0) is 39.8 Å². The molecule has 0 spiro atoms. The normalized spacial score (nSPS) is 11.0. The second kappa shape index (κ2) is 6.85. The van der Waals surface area contributed by atoms with Gasteiger partial charge in [0.15, 0.2) is 0 Å². The van der Waals surface area contributed by atoms with E-state index in [1.165, 1.54) is 11.9 Å². The minimum Gasteiger partial charge on any atom is -0.443 e. The molecule has 0 saturated heterocycles. The molecule has 1 N–H and O–H groups in total. The molecule has 2 rings (SSSR count). The number of hydrogen-bond donors (Lipinski definition) is 1. The lowest BCUT2D eigenvalue weighted by Gasteiger charge is -2.23. The quantitative estimate of drug-likeness (QED) is 0.922. The van der Waals surface area contributed by atoms with Gasteiger partial charge in [0, 0.05) is 25.0 Å². The summed E-state index contributed by atoms with van der Waals surface area (Å²) in [5.41, 5.74) is -0.0506. The Hall–Kier alpha value is -3.01. The summed E-state index contributed by atoms with van der Waals surface area (Å²) in [6.45, 7) is 7.12. The molecule has 0 fully saturated rings. The molecule has 0 bridgehead atoms. The Morgan fingerprint density at radius 3 is 2.44 bits per heavy atom. The zero-order chi connectivity index (χ0) is 18.8. The molecule has 2 amide bonds. The van der Waals surface area contributed by atoms with E-state index in [2.05, 4.69) is 5.32 Å². The van der Waals surface area contributed by atoms with Crippen LogP contribution in [0.3, 0.4) is 0 Å². The average Bonchev–Trinajstić information content (AvgIpc) is 3.11. The Bertz CT molecular complexity index is 820. The van der Waals surface area contributed by atoms with Crippen LogP contribution in [0.15, 0.2) is 28.9 Å². The number of furan rings is 1. The number of nitriles is 1. The molecular weight excluding hydrogens is 320 g/mol. The van der Waals surface area contributed by atoms with E-state index in [9.17, 15) is 14.9 Å². The van der Waals surface area contributed by atoms with Gasteiger partial charge in [0.25, 0.3) is 5.91 Å². The van der Waals surface area contributed by atoms with Gasteiger partial charge in [-0.2, -0.15) is 5.26 Å². The zero-order valence-electron chi connectivity index (χ0n) is 15.1. The fourth-order valence-electron chi connectivity index (χ4n) is 2.48. The van der Waals surface area contributed by atoms with Crippen LogP contribution in [-0.2, 0) is 4.79 Å². The summed E-state index contributed by atoms with van der Waals surface area (Å²) >= 11 is 0. The van der Waals surface area contributed by atoms with Gasteiger partial charge in [0.2, 0.25) is 11.8 Å². The molecule has 0 unspecified atom stereocenters. The lowest BCUT2D eigenvalue weighted by atomic mass is 10.1. The summed E-state index contributed by atoms with van der Waals surface area (Å²) in [5, 5.41) is 12.3. The van der Waals surface area contributed by atoms with Crippen LogP contribution in [0.5, 0.6) is 0 Å². The number of carbonyl (C=O) groups is 2. The van der Waals surface area contributed by atoms with E-state index in [-0.39, 0.29) is 29.1 Å². The van der Waals surface area contributed by atoms with Gasteiger partial charge in [0.1, 0.15) is 23.0 Å². The molecule has 0 radical (unpaired) electrons. The molecule has 0 atom stereocenters. The topological polar surface area (TPSA) is 91.3 Å². The van der Waals surface area contributed by atoms with E-state index in [4.69, 9.17) is 4.42 Å². The summed E-state index contributed by atoms with van der Waals surface area (Å²) in [5.74, 6) is -0.0665. The Morgan fingerprint density at radius 2 is 1.92 bits per heavy atom. The van der Waals surface area contributed by atoms with Crippen molar-refractivity contribution in [3.8, 4) is 12.0 Å². The summed E-state index contributed by atoms with van der Waals surface area (Å²) in [6, 6.07) is 5.63. The summed E-state index contributed by atoms with van der Waals surface area (Å²) in [6.07, 6.45) is 3.46. The zero-order valence-corrected chi connectivity index (χ0v) is 15.1. The fraction of sp³-hybridized carbons (Fsp3) is 0.389. The van der Waals surface area contributed by atoms with Crippen LogP contribution >= 0.6 is 0 Å². The highest BCUT2D eigenvalue weighted by Gasteiger charge is 2.28. The standard InChI is InChI=1S/C18H22N4O3/c1-12-15(13(10-19)17(25-12)22-8-6-7-9-22)16(24)21(5)11-14(23)20-18(2,3)4/h6-9H,11H2,1-5H3,(H,20,23). The van der Waals surface area contributed by atoms with E-state index in [0.29, 0.717) is 11.6 Å². The lowest BCUT2D eigenvalue weighted by molar-refractivity contribution is -0.122. The van der Waals surface area contributed by atoms with Crippen molar-refractivity contribution in [2.45, 2.75) is 33.2 Å². The van der Waals surface area contributed by atoms with Gasteiger partial charge in [0.05, 0.1) is 6.54 Å². The maximum atomic E-state index is 12.8. The first kappa shape index (κ1) is 18.3. The van der Waals surface area contributed by atoms with Crippen LogP contribution < -0.4 is 5.32 Å². The molecule has 0 saturated carbocycles. The third-order valence-corrected chi connectivity index (χ3v) is 3.47. The van der Waals surface area contributed by atoms with Gasteiger partial charge < -0.3 is 14.6 Å². The van der Waals surface area contributed by atoms with Crippen LogP contribution in [0.2, 0.25) is 0 Å². The summed E-state index contributed by atoms with van der Waals surface area (Å²) in [7, 11) is 1.52. The van der Waals surface area contributed by atoms with E-state index in [1.807, 2.05) is 26.8 Å². The predicted octanol–water partition coefficient (Wildman–Crippen LogP) is 2.24. The predicted molar refractivity (Wildman–Crippen MR) is 92.3 cm³/mol.